The fraction of sp³-hybridized carbons (Fsp3) is 1.00. The molecule has 1 heterocycles. The van der Waals surface area contributed by atoms with Crippen LogP contribution in [0, 0.1) is 11.8 Å². The van der Waals surface area contributed by atoms with Gasteiger partial charge in [-0.05, 0) is 76.3 Å². The lowest BCUT2D eigenvalue weighted by molar-refractivity contribution is 0.100. The predicted molar refractivity (Wildman–Crippen MR) is 81.4 cm³/mol. The molecule has 1 saturated heterocycles. The number of rotatable bonds is 5. The lowest BCUT2D eigenvalue weighted by Gasteiger charge is -2.39. The van der Waals surface area contributed by atoms with Gasteiger partial charge in [0.2, 0.25) is 0 Å². The van der Waals surface area contributed by atoms with Crippen LogP contribution in [0.15, 0.2) is 0 Å². The minimum atomic E-state index is 0.935. The van der Waals surface area contributed by atoms with E-state index in [1.807, 2.05) is 0 Å². The van der Waals surface area contributed by atoms with Gasteiger partial charge >= 0.3 is 0 Å². The van der Waals surface area contributed by atoms with Crippen molar-refractivity contribution in [2.75, 3.05) is 19.6 Å². The third-order valence-corrected chi connectivity index (χ3v) is 5.81. The van der Waals surface area contributed by atoms with E-state index < -0.39 is 0 Å². The van der Waals surface area contributed by atoms with Gasteiger partial charge in [-0.1, -0.05) is 13.3 Å². The van der Waals surface area contributed by atoms with Crippen LogP contribution in [-0.2, 0) is 0 Å². The van der Waals surface area contributed by atoms with Crippen molar-refractivity contribution in [3.63, 3.8) is 0 Å². The molecular weight excluding hydrogens is 232 g/mol. The Morgan fingerprint density at radius 2 is 1.37 bits per heavy atom. The minimum absolute atomic E-state index is 0.935. The highest BCUT2D eigenvalue weighted by atomic mass is 15.2. The number of hydrogen-bond donors (Lipinski definition) is 1. The van der Waals surface area contributed by atoms with Gasteiger partial charge in [-0.3, -0.25) is 4.90 Å². The summed E-state index contributed by atoms with van der Waals surface area (Å²) in [7, 11) is 0. The average Bonchev–Trinajstić information content (AvgIpc) is 3.31. The van der Waals surface area contributed by atoms with E-state index in [9.17, 15) is 0 Å². The summed E-state index contributed by atoms with van der Waals surface area (Å²) in [6.45, 7) is 6.30. The molecule has 0 spiro atoms. The molecule has 2 aliphatic carbocycles. The van der Waals surface area contributed by atoms with Gasteiger partial charge < -0.3 is 5.32 Å². The van der Waals surface area contributed by atoms with Crippen molar-refractivity contribution in [3.05, 3.63) is 0 Å². The molecule has 0 aromatic rings. The highest BCUT2D eigenvalue weighted by Crippen LogP contribution is 2.37. The Bertz CT molecular complexity index is 260. The predicted octanol–water partition coefficient (Wildman–Crippen LogP) is 3.42. The molecule has 3 rings (SSSR count). The van der Waals surface area contributed by atoms with Crippen molar-refractivity contribution < 1.29 is 0 Å². The van der Waals surface area contributed by atoms with Crippen molar-refractivity contribution in [1.29, 1.82) is 0 Å². The van der Waals surface area contributed by atoms with E-state index in [1.54, 1.807) is 0 Å². The molecular formula is C17H32N2. The molecule has 3 fully saturated rings. The molecule has 0 amide bonds. The van der Waals surface area contributed by atoms with E-state index in [2.05, 4.69) is 17.1 Å². The monoisotopic (exact) mass is 264 g/mol. The van der Waals surface area contributed by atoms with Crippen molar-refractivity contribution in [2.45, 2.75) is 76.8 Å². The maximum atomic E-state index is 3.51. The number of nitrogens with zero attached hydrogens (tertiary/aromatic N) is 1. The van der Waals surface area contributed by atoms with Crippen LogP contribution in [0.2, 0.25) is 0 Å². The summed E-state index contributed by atoms with van der Waals surface area (Å²) in [6.07, 6.45) is 13.2. The molecule has 1 N–H and O–H groups in total. The van der Waals surface area contributed by atoms with Gasteiger partial charge in [0.25, 0.3) is 0 Å². The Kier molecular flexibility index (Phi) is 4.81. The quantitative estimate of drug-likeness (QED) is 0.818. The molecule has 2 heteroatoms. The van der Waals surface area contributed by atoms with Gasteiger partial charge in [0.1, 0.15) is 0 Å². The Hall–Kier alpha value is -0.0800. The normalized spacial score (nSPS) is 33.8. The van der Waals surface area contributed by atoms with Crippen molar-refractivity contribution in [3.8, 4) is 0 Å². The summed E-state index contributed by atoms with van der Waals surface area (Å²) in [5, 5.41) is 3.51. The fourth-order valence-electron chi connectivity index (χ4n) is 4.25. The summed E-state index contributed by atoms with van der Waals surface area (Å²) in [6, 6.07) is 1.91. The SMILES string of the molecule is CCC1CCC(N(CC2CCNCC2)C2CC2)CC1. The van der Waals surface area contributed by atoms with E-state index in [1.165, 1.54) is 77.4 Å². The van der Waals surface area contributed by atoms with E-state index in [-0.39, 0.29) is 0 Å². The standard InChI is InChI=1S/C17H32N2/c1-2-14-3-5-16(6-4-14)19(17-7-8-17)13-15-9-11-18-12-10-15/h14-18H,2-13H2,1H3. The summed E-state index contributed by atoms with van der Waals surface area (Å²) < 4.78 is 0. The first kappa shape index (κ1) is 13.9. The number of nitrogens with one attached hydrogen (secondary N) is 1. The molecule has 110 valence electrons. The second-order valence-corrected chi connectivity index (χ2v) is 7.20. The summed E-state index contributed by atoms with van der Waals surface area (Å²) >= 11 is 0. The zero-order chi connectivity index (χ0) is 13.1. The molecule has 0 atom stereocenters. The largest absolute Gasteiger partial charge is 0.317 e. The molecule has 2 nitrogen and oxygen atoms in total. The average molecular weight is 264 g/mol. The van der Waals surface area contributed by atoms with Gasteiger partial charge in [-0.15, -0.1) is 0 Å². The first-order chi connectivity index (χ1) is 9.36. The molecule has 0 bridgehead atoms. The Morgan fingerprint density at radius 3 is 1.89 bits per heavy atom. The number of piperidine rings is 1. The molecule has 0 radical (unpaired) electrons. The molecule has 3 aliphatic rings. The van der Waals surface area contributed by atoms with Crippen LogP contribution < -0.4 is 5.32 Å². The van der Waals surface area contributed by atoms with Crippen LogP contribution in [0.5, 0.6) is 0 Å². The second-order valence-electron chi connectivity index (χ2n) is 7.20. The van der Waals surface area contributed by atoms with Gasteiger partial charge in [-0.2, -0.15) is 0 Å². The van der Waals surface area contributed by atoms with Crippen LogP contribution in [0.1, 0.15) is 64.7 Å². The highest BCUT2D eigenvalue weighted by Gasteiger charge is 2.36. The molecule has 0 aromatic heterocycles. The van der Waals surface area contributed by atoms with Crippen LogP contribution in [0.25, 0.3) is 0 Å². The smallest absolute Gasteiger partial charge is 0.00994 e. The van der Waals surface area contributed by atoms with Crippen LogP contribution in [0.3, 0.4) is 0 Å². The minimum Gasteiger partial charge on any atom is -0.317 e. The maximum absolute atomic E-state index is 3.51. The summed E-state index contributed by atoms with van der Waals surface area (Å²) in [5.41, 5.74) is 0. The topological polar surface area (TPSA) is 15.3 Å². The maximum Gasteiger partial charge on any atom is 0.00994 e. The van der Waals surface area contributed by atoms with E-state index in [0.717, 1.165) is 23.9 Å². The van der Waals surface area contributed by atoms with Crippen LogP contribution in [0.4, 0.5) is 0 Å². The molecule has 2 saturated carbocycles. The van der Waals surface area contributed by atoms with Crippen molar-refractivity contribution >= 4 is 0 Å². The Labute approximate surface area is 119 Å². The Morgan fingerprint density at radius 1 is 0.789 bits per heavy atom. The molecule has 1 aliphatic heterocycles. The second kappa shape index (κ2) is 6.58. The van der Waals surface area contributed by atoms with Gasteiger partial charge in [0.05, 0.1) is 0 Å². The van der Waals surface area contributed by atoms with E-state index in [4.69, 9.17) is 0 Å². The lowest BCUT2D eigenvalue weighted by Crippen LogP contribution is -2.44. The first-order valence-electron chi connectivity index (χ1n) is 8.83. The fourth-order valence-corrected chi connectivity index (χ4v) is 4.25. The zero-order valence-electron chi connectivity index (χ0n) is 12.7. The zero-order valence-corrected chi connectivity index (χ0v) is 12.7. The molecule has 0 aromatic carbocycles. The third-order valence-electron chi connectivity index (χ3n) is 5.81. The molecule has 19 heavy (non-hydrogen) atoms. The molecule has 0 unspecified atom stereocenters. The van der Waals surface area contributed by atoms with Gasteiger partial charge in [0.15, 0.2) is 0 Å². The van der Waals surface area contributed by atoms with E-state index in [0.29, 0.717) is 0 Å². The lowest BCUT2D eigenvalue weighted by atomic mass is 9.83. The summed E-state index contributed by atoms with van der Waals surface area (Å²) in [5.74, 6) is 2.02. The van der Waals surface area contributed by atoms with E-state index >= 15 is 0 Å². The summed E-state index contributed by atoms with van der Waals surface area (Å²) in [4.78, 5) is 2.95. The number of hydrogen-bond acceptors (Lipinski definition) is 2. The highest BCUT2D eigenvalue weighted by molar-refractivity contribution is 4.92. The Balaban J connectivity index is 1.52. The van der Waals surface area contributed by atoms with Gasteiger partial charge in [-0.25, -0.2) is 0 Å². The van der Waals surface area contributed by atoms with Crippen molar-refractivity contribution in [2.24, 2.45) is 11.8 Å². The van der Waals surface area contributed by atoms with Crippen molar-refractivity contribution in [1.82, 2.24) is 10.2 Å². The first-order valence-corrected chi connectivity index (χ1v) is 8.83. The van der Waals surface area contributed by atoms with Gasteiger partial charge in [0, 0.05) is 18.6 Å². The third kappa shape index (κ3) is 3.72. The van der Waals surface area contributed by atoms with Crippen LogP contribution in [-0.4, -0.2) is 36.6 Å². The van der Waals surface area contributed by atoms with Crippen LogP contribution >= 0.6 is 0 Å².